The first-order chi connectivity index (χ1) is 8.06. The van der Waals surface area contributed by atoms with Crippen molar-refractivity contribution >= 4 is 23.5 Å². The molecule has 2 atom stereocenters. The maximum atomic E-state index is 11.9. The Bertz CT molecular complexity index is 241. The number of hydrogen-bond acceptors (Lipinski definition) is 4. The molecule has 0 amide bonds. The average molecular weight is 260 g/mol. The Morgan fingerprint density at radius 3 is 2.41 bits per heavy atom. The normalized spacial score (nSPS) is 14.1. The number of ether oxygens (including phenoxy) is 1. The molecule has 0 radical (unpaired) electrons. The van der Waals surface area contributed by atoms with Gasteiger partial charge >= 0.3 is 5.97 Å². The molecule has 100 valence electrons. The van der Waals surface area contributed by atoms with Crippen molar-refractivity contribution in [2.75, 3.05) is 12.9 Å². The number of Topliss-reactive ketones (excluding diaryl/α,β-unsaturated/α-hetero) is 1. The van der Waals surface area contributed by atoms with E-state index in [0.717, 1.165) is 19.3 Å². The summed E-state index contributed by atoms with van der Waals surface area (Å²) in [5, 5.41) is 0.462. The van der Waals surface area contributed by atoms with Crippen molar-refractivity contribution in [3.8, 4) is 0 Å². The SMILES string of the molecule is CCCCC(C(=O)CSC(C)CC)C(=O)OC. The molecule has 2 unspecified atom stereocenters. The Labute approximate surface area is 109 Å². The summed E-state index contributed by atoms with van der Waals surface area (Å²) in [5.74, 6) is -0.515. The van der Waals surface area contributed by atoms with Gasteiger partial charge in [-0.25, -0.2) is 0 Å². The number of rotatable bonds is 9. The van der Waals surface area contributed by atoms with E-state index in [0.29, 0.717) is 17.4 Å². The van der Waals surface area contributed by atoms with Gasteiger partial charge in [0.25, 0.3) is 0 Å². The first kappa shape index (κ1) is 16.5. The van der Waals surface area contributed by atoms with Crippen LogP contribution in [0.2, 0.25) is 0 Å². The van der Waals surface area contributed by atoms with Crippen LogP contribution < -0.4 is 0 Å². The highest BCUT2D eigenvalue weighted by atomic mass is 32.2. The van der Waals surface area contributed by atoms with Gasteiger partial charge in [0, 0.05) is 5.25 Å². The summed E-state index contributed by atoms with van der Waals surface area (Å²) in [5.41, 5.74) is 0. The predicted molar refractivity (Wildman–Crippen MR) is 72.2 cm³/mol. The predicted octanol–water partition coefficient (Wildman–Crippen LogP) is 3.07. The van der Waals surface area contributed by atoms with Gasteiger partial charge in [0.05, 0.1) is 12.9 Å². The third-order valence-electron chi connectivity index (χ3n) is 2.81. The van der Waals surface area contributed by atoms with Crippen molar-refractivity contribution < 1.29 is 14.3 Å². The fraction of sp³-hybridized carbons (Fsp3) is 0.846. The van der Waals surface area contributed by atoms with Gasteiger partial charge in [0.15, 0.2) is 5.78 Å². The topological polar surface area (TPSA) is 43.4 Å². The zero-order chi connectivity index (χ0) is 13.3. The van der Waals surface area contributed by atoms with Crippen LogP contribution in [0, 0.1) is 5.92 Å². The number of thioether (sulfide) groups is 1. The molecule has 3 nitrogen and oxygen atoms in total. The van der Waals surface area contributed by atoms with Gasteiger partial charge in [0.1, 0.15) is 5.92 Å². The maximum Gasteiger partial charge on any atom is 0.316 e. The molecular formula is C13H24O3S. The number of methoxy groups -OCH3 is 1. The van der Waals surface area contributed by atoms with Crippen molar-refractivity contribution in [2.45, 2.75) is 51.7 Å². The van der Waals surface area contributed by atoms with Gasteiger partial charge in [-0.3, -0.25) is 9.59 Å². The smallest absolute Gasteiger partial charge is 0.316 e. The second-order valence-corrected chi connectivity index (χ2v) is 5.64. The van der Waals surface area contributed by atoms with Gasteiger partial charge in [-0.05, 0) is 12.8 Å². The molecule has 0 heterocycles. The van der Waals surface area contributed by atoms with Crippen LogP contribution in [0.15, 0.2) is 0 Å². The van der Waals surface area contributed by atoms with Crippen LogP contribution in [0.1, 0.15) is 46.5 Å². The Hall–Kier alpha value is -0.510. The summed E-state index contributed by atoms with van der Waals surface area (Å²) < 4.78 is 4.69. The number of carbonyl (C=O) groups is 2. The number of esters is 1. The van der Waals surface area contributed by atoms with Crippen molar-refractivity contribution in [1.82, 2.24) is 0 Å². The van der Waals surface area contributed by atoms with Crippen molar-refractivity contribution in [3.63, 3.8) is 0 Å². The van der Waals surface area contributed by atoms with Crippen LogP contribution in [-0.2, 0) is 14.3 Å². The summed E-state index contributed by atoms with van der Waals surface area (Å²) in [7, 11) is 1.34. The first-order valence-corrected chi connectivity index (χ1v) is 7.33. The monoisotopic (exact) mass is 260 g/mol. The van der Waals surface area contributed by atoms with Crippen LogP contribution >= 0.6 is 11.8 Å². The Balaban J connectivity index is 4.26. The first-order valence-electron chi connectivity index (χ1n) is 6.28. The Kier molecular flexibility index (Phi) is 9.23. The minimum Gasteiger partial charge on any atom is -0.468 e. The summed E-state index contributed by atoms with van der Waals surface area (Å²) in [4.78, 5) is 23.5. The molecule has 0 N–H and O–H groups in total. The molecule has 0 aliphatic carbocycles. The highest BCUT2D eigenvalue weighted by Crippen LogP contribution is 2.18. The summed E-state index contributed by atoms with van der Waals surface area (Å²) in [6.45, 7) is 6.24. The van der Waals surface area contributed by atoms with E-state index in [1.807, 2.05) is 6.92 Å². The Morgan fingerprint density at radius 1 is 1.29 bits per heavy atom. The fourth-order valence-electron chi connectivity index (χ4n) is 1.40. The van der Waals surface area contributed by atoms with E-state index >= 15 is 0 Å². The molecule has 0 aliphatic rings. The molecule has 0 rings (SSSR count). The lowest BCUT2D eigenvalue weighted by Crippen LogP contribution is -2.27. The lowest BCUT2D eigenvalue weighted by atomic mass is 9.98. The zero-order valence-electron chi connectivity index (χ0n) is 11.3. The molecule has 17 heavy (non-hydrogen) atoms. The standard InChI is InChI=1S/C13H24O3S/c1-5-7-8-11(13(15)16-4)12(14)9-17-10(3)6-2/h10-11H,5-9H2,1-4H3. The molecule has 4 heteroatoms. The van der Waals surface area contributed by atoms with Crippen LogP contribution in [0.25, 0.3) is 0 Å². The summed E-state index contributed by atoms with van der Waals surface area (Å²) >= 11 is 1.62. The second-order valence-electron chi connectivity index (χ2n) is 4.21. The van der Waals surface area contributed by atoms with E-state index in [2.05, 4.69) is 13.8 Å². The maximum absolute atomic E-state index is 11.9. The quantitative estimate of drug-likeness (QED) is 0.472. The van der Waals surface area contributed by atoms with Crippen LogP contribution in [-0.4, -0.2) is 29.9 Å². The minimum atomic E-state index is -0.559. The van der Waals surface area contributed by atoms with E-state index in [9.17, 15) is 9.59 Å². The number of hydrogen-bond donors (Lipinski definition) is 0. The number of unbranched alkanes of at least 4 members (excludes halogenated alkanes) is 1. The molecule has 0 aromatic carbocycles. The largest absolute Gasteiger partial charge is 0.468 e. The van der Waals surface area contributed by atoms with Crippen molar-refractivity contribution in [3.05, 3.63) is 0 Å². The number of ketones is 1. The fourth-order valence-corrected chi connectivity index (χ4v) is 2.29. The second kappa shape index (κ2) is 9.51. The molecular weight excluding hydrogens is 236 g/mol. The van der Waals surface area contributed by atoms with E-state index in [1.54, 1.807) is 11.8 Å². The van der Waals surface area contributed by atoms with E-state index in [-0.39, 0.29) is 11.8 Å². The van der Waals surface area contributed by atoms with E-state index in [4.69, 9.17) is 4.74 Å². The van der Waals surface area contributed by atoms with Crippen molar-refractivity contribution in [2.24, 2.45) is 5.92 Å². The highest BCUT2D eigenvalue weighted by Gasteiger charge is 2.26. The molecule has 0 saturated carbocycles. The molecule has 0 aromatic rings. The third-order valence-corrected chi connectivity index (χ3v) is 4.16. The van der Waals surface area contributed by atoms with Gasteiger partial charge in [-0.15, -0.1) is 0 Å². The molecule has 0 spiro atoms. The van der Waals surface area contributed by atoms with E-state index < -0.39 is 5.92 Å². The average Bonchev–Trinajstić information content (AvgIpc) is 2.35. The van der Waals surface area contributed by atoms with Gasteiger partial charge < -0.3 is 4.74 Å². The van der Waals surface area contributed by atoms with Crippen LogP contribution in [0.5, 0.6) is 0 Å². The molecule has 0 bridgehead atoms. The lowest BCUT2D eigenvalue weighted by molar-refractivity contribution is -0.149. The van der Waals surface area contributed by atoms with Crippen LogP contribution in [0.3, 0.4) is 0 Å². The zero-order valence-corrected chi connectivity index (χ0v) is 12.1. The Morgan fingerprint density at radius 2 is 1.94 bits per heavy atom. The lowest BCUT2D eigenvalue weighted by Gasteiger charge is -2.14. The molecule has 0 saturated heterocycles. The van der Waals surface area contributed by atoms with Crippen molar-refractivity contribution in [1.29, 1.82) is 0 Å². The van der Waals surface area contributed by atoms with Gasteiger partial charge in [-0.1, -0.05) is 33.6 Å². The molecule has 0 aliphatic heterocycles. The molecule has 0 fully saturated rings. The third kappa shape index (κ3) is 6.71. The highest BCUT2D eigenvalue weighted by molar-refractivity contribution is 8.00. The minimum absolute atomic E-state index is 0.00981. The van der Waals surface area contributed by atoms with E-state index in [1.165, 1.54) is 7.11 Å². The number of carbonyl (C=O) groups excluding carboxylic acids is 2. The van der Waals surface area contributed by atoms with Gasteiger partial charge in [-0.2, -0.15) is 11.8 Å². The summed E-state index contributed by atoms with van der Waals surface area (Å²) in [6.07, 6.45) is 3.53. The van der Waals surface area contributed by atoms with Gasteiger partial charge in [0.2, 0.25) is 0 Å². The summed E-state index contributed by atoms with van der Waals surface area (Å²) in [6, 6.07) is 0. The molecule has 0 aromatic heterocycles. The van der Waals surface area contributed by atoms with Crippen LogP contribution in [0.4, 0.5) is 0 Å².